The Kier molecular flexibility index (Phi) is 4.15. The second-order valence-corrected chi connectivity index (χ2v) is 5.55. The number of hydrogen-bond acceptors (Lipinski definition) is 7. The van der Waals surface area contributed by atoms with Crippen LogP contribution in [0.3, 0.4) is 0 Å². The Hall–Kier alpha value is -2.28. The molecule has 1 aromatic carbocycles. The SMILES string of the molecule is CNc1snc(C)c1C(=O)OCc1ccc2c(c1)OCCO2. The molecule has 0 unspecified atom stereocenters. The van der Waals surface area contributed by atoms with Crippen LogP contribution in [0.5, 0.6) is 11.5 Å². The number of esters is 1. The smallest absolute Gasteiger partial charge is 0.343 e. The van der Waals surface area contributed by atoms with Gasteiger partial charge in [-0.25, -0.2) is 4.79 Å². The molecule has 0 fully saturated rings. The molecule has 1 aliphatic rings. The third kappa shape index (κ3) is 2.85. The van der Waals surface area contributed by atoms with Gasteiger partial charge in [-0.05, 0) is 36.2 Å². The summed E-state index contributed by atoms with van der Waals surface area (Å²) in [6.07, 6.45) is 0. The lowest BCUT2D eigenvalue weighted by atomic mass is 10.2. The van der Waals surface area contributed by atoms with Gasteiger partial charge in [0.05, 0.1) is 5.69 Å². The van der Waals surface area contributed by atoms with Gasteiger partial charge < -0.3 is 19.5 Å². The molecule has 2 aromatic rings. The summed E-state index contributed by atoms with van der Waals surface area (Å²) in [5.41, 5.74) is 2.01. The summed E-state index contributed by atoms with van der Waals surface area (Å²) in [6.45, 7) is 3.05. The van der Waals surface area contributed by atoms with E-state index in [0.717, 1.165) is 11.3 Å². The lowest BCUT2D eigenvalue weighted by Gasteiger charge is -2.18. The molecular formula is C15H16N2O4S. The summed E-state index contributed by atoms with van der Waals surface area (Å²) >= 11 is 1.25. The van der Waals surface area contributed by atoms with E-state index in [1.807, 2.05) is 18.2 Å². The fraction of sp³-hybridized carbons (Fsp3) is 0.333. The third-order valence-corrected chi connectivity index (χ3v) is 4.23. The molecule has 0 aliphatic carbocycles. The predicted molar refractivity (Wildman–Crippen MR) is 82.9 cm³/mol. The van der Waals surface area contributed by atoms with Crippen LogP contribution in [-0.4, -0.2) is 30.6 Å². The number of benzene rings is 1. The summed E-state index contributed by atoms with van der Waals surface area (Å²) in [5.74, 6) is 1.02. The molecule has 0 atom stereocenters. The summed E-state index contributed by atoms with van der Waals surface area (Å²) in [5, 5.41) is 3.67. The van der Waals surface area contributed by atoms with Crippen LogP contribution in [0.25, 0.3) is 0 Å². The van der Waals surface area contributed by atoms with Crippen LogP contribution >= 0.6 is 11.5 Å². The van der Waals surface area contributed by atoms with Gasteiger partial charge in [-0.2, -0.15) is 4.37 Å². The number of carbonyl (C=O) groups excluding carboxylic acids is 1. The van der Waals surface area contributed by atoms with Crippen molar-refractivity contribution in [3.05, 3.63) is 35.0 Å². The lowest BCUT2D eigenvalue weighted by molar-refractivity contribution is 0.0472. The summed E-state index contributed by atoms with van der Waals surface area (Å²) in [4.78, 5) is 12.2. The molecule has 1 aromatic heterocycles. The van der Waals surface area contributed by atoms with E-state index in [1.165, 1.54) is 11.5 Å². The van der Waals surface area contributed by atoms with Crippen LogP contribution in [0.15, 0.2) is 18.2 Å². The van der Waals surface area contributed by atoms with Gasteiger partial charge in [-0.1, -0.05) is 6.07 Å². The van der Waals surface area contributed by atoms with Crippen LogP contribution in [0.4, 0.5) is 5.00 Å². The highest BCUT2D eigenvalue weighted by molar-refractivity contribution is 7.10. The maximum atomic E-state index is 12.2. The van der Waals surface area contributed by atoms with E-state index in [4.69, 9.17) is 14.2 Å². The van der Waals surface area contributed by atoms with Crippen molar-refractivity contribution in [1.29, 1.82) is 0 Å². The Morgan fingerprint density at radius 2 is 2.14 bits per heavy atom. The Morgan fingerprint density at radius 3 is 2.91 bits per heavy atom. The molecule has 6 nitrogen and oxygen atoms in total. The first kappa shape index (κ1) is 14.6. The van der Waals surface area contributed by atoms with Crippen molar-refractivity contribution in [2.75, 3.05) is 25.6 Å². The molecule has 0 saturated carbocycles. The first-order chi connectivity index (χ1) is 10.7. The number of nitrogens with zero attached hydrogens (tertiary/aromatic N) is 1. The number of anilines is 1. The summed E-state index contributed by atoms with van der Waals surface area (Å²) in [7, 11) is 1.75. The molecule has 0 bridgehead atoms. The number of hydrogen-bond donors (Lipinski definition) is 1. The molecule has 1 aliphatic heterocycles. The molecule has 0 radical (unpaired) electrons. The van der Waals surface area contributed by atoms with Crippen LogP contribution in [0, 0.1) is 6.92 Å². The standard InChI is InChI=1S/C15H16N2O4S/c1-9-13(14(16-2)22-17-9)15(18)21-8-10-3-4-11-12(7-10)20-6-5-19-11/h3-4,7,16H,5-6,8H2,1-2H3. The van der Waals surface area contributed by atoms with E-state index in [0.29, 0.717) is 35.2 Å². The van der Waals surface area contributed by atoms with E-state index >= 15 is 0 Å². The first-order valence-electron chi connectivity index (χ1n) is 6.88. The molecule has 0 spiro atoms. The fourth-order valence-electron chi connectivity index (χ4n) is 2.18. The van der Waals surface area contributed by atoms with Gasteiger partial charge in [0.1, 0.15) is 30.4 Å². The Morgan fingerprint density at radius 1 is 1.36 bits per heavy atom. The number of aryl methyl sites for hydroxylation is 1. The van der Waals surface area contributed by atoms with Gasteiger partial charge in [0.25, 0.3) is 0 Å². The highest BCUT2D eigenvalue weighted by Gasteiger charge is 2.19. The number of ether oxygens (including phenoxy) is 3. The lowest BCUT2D eigenvalue weighted by Crippen LogP contribution is -2.15. The van der Waals surface area contributed by atoms with Gasteiger partial charge in [0.2, 0.25) is 0 Å². The quantitative estimate of drug-likeness (QED) is 0.873. The van der Waals surface area contributed by atoms with E-state index in [1.54, 1.807) is 14.0 Å². The highest BCUT2D eigenvalue weighted by Crippen LogP contribution is 2.31. The van der Waals surface area contributed by atoms with E-state index in [2.05, 4.69) is 9.69 Å². The molecule has 22 heavy (non-hydrogen) atoms. The molecule has 2 heterocycles. The molecule has 1 N–H and O–H groups in total. The normalized spacial score (nSPS) is 12.8. The van der Waals surface area contributed by atoms with E-state index in [9.17, 15) is 4.79 Å². The minimum absolute atomic E-state index is 0.175. The molecule has 0 amide bonds. The van der Waals surface area contributed by atoms with Crippen molar-refractivity contribution in [2.24, 2.45) is 0 Å². The van der Waals surface area contributed by atoms with E-state index < -0.39 is 0 Å². The number of carbonyl (C=O) groups is 1. The van der Waals surface area contributed by atoms with E-state index in [-0.39, 0.29) is 12.6 Å². The fourth-order valence-corrected chi connectivity index (χ4v) is 2.91. The monoisotopic (exact) mass is 320 g/mol. The highest BCUT2D eigenvalue weighted by atomic mass is 32.1. The van der Waals surface area contributed by atoms with Crippen molar-refractivity contribution >= 4 is 22.5 Å². The molecule has 7 heteroatoms. The Bertz CT molecular complexity index is 699. The van der Waals surface area contributed by atoms with Crippen LogP contribution < -0.4 is 14.8 Å². The Balaban J connectivity index is 1.69. The molecular weight excluding hydrogens is 304 g/mol. The molecule has 116 valence electrons. The number of aromatic nitrogens is 1. The van der Waals surface area contributed by atoms with Crippen molar-refractivity contribution in [2.45, 2.75) is 13.5 Å². The van der Waals surface area contributed by atoms with Crippen molar-refractivity contribution in [3.63, 3.8) is 0 Å². The third-order valence-electron chi connectivity index (χ3n) is 3.27. The van der Waals surface area contributed by atoms with Gasteiger partial charge >= 0.3 is 5.97 Å². The zero-order chi connectivity index (χ0) is 15.5. The maximum Gasteiger partial charge on any atom is 0.343 e. The van der Waals surface area contributed by atoms with Gasteiger partial charge in [0.15, 0.2) is 11.5 Å². The molecule has 0 saturated heterocycles. The number of rotatable bonds is 4. The zero-order valence-electron chi connectivity index (χ0n) is 12.3. The van der Waals surface area contributed by atoms with Crippen molar-refractivity contribution in [1.82, 2.24) is 4.37 Å². The summed E-state index contributed by atoms with van der Waals surface area (Å²) in [6, 6.07) is 5.52. The van der Waals surface area contributed by atoms with Crippen LogP contribution in [0.1, 0.15) is 21.6 Å². The topological polar surface area (TPSA) is 69.7 Å². The average Bonchev–Trinajstić information content (AvgIpc) is 2.93. The predicted octanol–water partition coefficient (Wildman–Crippen LogP) is 2.62. The number of nitrogens with one attached hydrogen (secondary N) is 1. The largest absolute Gasteiger partial charge is 0.486 e. The average molecular weight is 320 g/mol. The van der Waals surface area contributed by atoms with Crippen molar-refractivity contribution < 1.29 is 19.0 Å². The maximum absolute atomic E-state index is 12.2. The minimum atomic E-state index is -0.384. The zero-order valence-corrected chi connectivity index (χ0v) is 13.2. The van der Waals surface area contributed by atoms with Gasteiger partial charge in [-0.3, -0.25) is 0 Å². The minimum Gasteiger partial charge on any atom is -0.486 e. The second-order valence-electron chi connectivity index (χ2n) is 4.78. The number of fused-ring (bicyclic) bond motifs is 1. The summed E-state index contributed by atoms with van der Waals surface area (Å²) < 4.78 is 20.5. The Labute approximate surface area is 132 Å². The van der Waals surface area contributed by atoms with Gasteiger partial charge in [0, 0.05) is 7.05 Å². The first-order valence-corrected chi connectivity index (χ1v) is 7.66. The van der Waals surface area contributed by atoms with Crippen LogP contribution in [0.2, 0.25) is 0 Å². The van der Waals surface area contributed by atoms with Gasteiger partial charge in [-0.15, -0.1) is 0 Å². The molecule has 3 rings (SSSR count). The second kappa shape index (κ2) is 6.23. The van der Waals surface area contributed by atoms with Crippen molar-refractivity contribution in [3.8, 4) is 11.5 Å². The van der Waals surface area contributed by atoms with Crippen LogP contribution in [-0.2, 0) is 11.3 Å².